The predicted molar refractivity (Wildman–Crippen MR) is 134 cm³/mol. The number of ether oxygens (including phenoxy) is 1. The van der Waals surface area contributed by atoms with E-state index in [0.29, 0.717) is 18.8 Å². The van der Waals surface area contributed by atoms with E-state index in [0.717, 1.165) is 49.3 Å². The standard InChI is InChI=1S/C27H31N5O3/c1-29(17-21-16-28-32(18-21)22-10-4-2-5-11-22)26(33)20-31-19-25(27(34)30-14-8-3-9-15-30)35-24-13-7-6-12-23(24)31/h2,4-7,10-13,16,18,25H,3,8-9,14-15,17,19-20H2,1H3/t25-/m0/s1. The van der Waals surface area contributed by atoms with Crippen molar-refractivity contribution in [2.24, 2.45) is 0 Å². The van der Waals surface area contributed by atoms with E-state index in [2.05, 4.69) is 5.10 Å². The van der Waals surface area contributed by atoms with E-state index in [9.17, 15) is 9.59 Å². The number of rotatable bonds is 6. The summed E-state index contributed by atoms with van der Waals surface area (Å²) in [5.74, 6) is 0.630. The van der Waals surface area contributed by atoms with E-state index in [1.807, 2.05) is 75.3 Å². The lowest BCUT2D eigenvalue weighted by atomic mass is 10.1. The first kappa shape index (κ1) is 23.0. The Balaban J connectivity index is 1.26. The van der Waals surface area contributed by atoms with Gasteiger partial charge in [-0.25, -0.2) is 4.68 Å². The molecule has 2 aromatic carbocycles. The van der Waals surface area contributed by atoms with Gasteiger partial charge in [0.2, 0.25) is 5.91 Å². The summed E-state index contributed by atoms with van der Waals surface area (Å²) in [6.45, 7) is 2.54. The van der Waals surface area contributed by atoms with Crippen LogP contribution >= 0.6 is 0 Å². The van der Waals surface area contributed by atoms with Crippen molar-refractivity contribution in [3.63, 3.8) is 0 Å². The number of piperidine rings is 1. The van der Waals surface area contributed by atoms with E-state index >= 15 is 0 Å². The Morgan fingerprint density at radius 2 is 1.77 bits per heavy atom. The number of carbonyl (C=O) groups excluding carboxylic acids is 2. The number of likely N-dealkylation sites (tertiary alicyclic amines) is 1. The first-order valence-electron chi connectivity index (χ1n) is 12.2. The number of benzene rings is 2. The molecule has 3 heterocycles. The molecule has 2 aliphatic rings. The van der Waals surface area contributed by atoms with Gasteiger partial charge in [0.1, 0.15) is 5.75 Å². The fourth-order valence-electron chi connectivity index (χ4n) is 4.71. The van der Waals surface area contributed by atoms with Crippen molar-refractivity contribution in [1.82, 2.24) is 19.6 Å². The molecule has 0 aliphatic carbocycles. The lowest BCUT2D eigenvalue weighted by molar-refractivity contribution is -0.139. The van der Waals surface area contributed by atoms with E-state index < -0.39 is 6.10 Å². The minimum Gasteiger partial charge on any atom is -0.477 e. The predicted octanol–water partition coefficient (Wildman–Crippen LogP) is 3.11. The highest BCUT2D eigenvalue weighted by atomic mass is 16.5. The quantitative estimate of drug-likeness (QED) is 0.550. The average Bonchev–Trinajstić information content (AvgIpc) is 3.37. The second-order valence-electron chi connectivity index (χ2n) is 9.22. The molecular formula is C27H31N5O3. The van der Waals surface area contributed by atoms with Crippen LogP contribution in [0.5, 0.6) is 5.75 Å². The van der Waals surface area contributed by atoms with Gasteiger partial charge in [0.05, 0.1) is 30.7 Å². The normalized spacial score (nSPS) is 17.5. The maximum Gasteiger partial charge on any atom is 0.265 e. The Morgan fingerprint density at radius 1 is 1.03 bits per heavy atom. The Kier molecular flexibility index (Phi) is 6.70. The SMILES string of the molecule is CN(Cc1cnn(-c2ccccc2)c1)C(=O)CN1C[C@@H](C(=O)N2CCCCC2)Oc2ccccc21. The summed E-state index contributed by atoms with van der Waals surface area (Å²) in [4.78, 5) is 31.9. The summed E-state index contributed by atoms with van der Waals surface area (Å²) in [7, 11) is 1.80. The van der Waals surface area contributed by atoms with Crippen LogP contribution in [-0.2, 0) is 16.1 Å². The molecule has 0 N–H and O–H groups in total. The summed E-state index contributed by atoms with van der Waals surface area (Å²) in [6.07, 6.45) is 6.34. The number of para-hydroxylation sites is 3. The molecule has 182 valence electrons. The van der Waals surface area contributed by atoms with Crippen LogP contribution in [0.15, 0.2) is 67.0 Å². The summed E-state index contributed by atoms with van der Waals surface area (Å²) >= 11 is 0. The number of nitrogens with zero attached hydrogens (tertiary/aromatic N) is 5. The summed E-state index contributed by atoms with van der Waals surface area (Å²) in [5, 5.41) is 4.43. The smallest absolute Gasteiger partial charge is 0.265 e. The van der Waals surface area contributed by atoms with Gasteiger partial charge in [-0.1, -0.05) is 30.3 Å². The molecule has 1 aromatic heterocycles. The summed E-state index contributed by atoms with van der Waals surface area (Å²) < 4.78 is 7.90. The van der Waals surface area contributed by atoms with E-state index in [1.165, 1.54) is 0 Å². The lowest BCUT2D eigenvalue weighted by Crippen LogP contribution is -2.53. The largest absolute Gasteiger partial charge is 0.477 e. The molecule has 8 nitrogen and oxygen atoms in total. The molecule has 0 saturated carbocycles. The second kappa shape index (κ2) is 10.2. The van der Waals surface area contributed by atoms with E-state index in [4.69, 9.17) is 4.74 Å². The zero-order valence-corrected chi connectivity index (χ0v) is 20.0. The molecule has 5 rings (SSSR count). The number of carbonyl (C=O) groups is 2. The van der Waals surface area contributed by atoms with Gasteiger partial charge in [0.25, 0.3) is 5.91 Å². The van der Waals surface area contributed by atoms with Crippen molar-refractivity contribution in [2.45, 2.75) is 31.9 Å². The number of likely N-dealkylation sites (N-methyl/N-ethyl adjacent to an activating group) is 1. The number of amides is 2. The maximum absolute atomic E-state index is 13.2. The van der Waals surface area contributed by atoms with Crippen molar-refractivity contribution >= 4 is 17.5 Å². The molecular weight excluding hydrogens is 442 g/mol. The third-order valence-electron chi connectivity index (χ3n) is 6.63. The maximum atomic E-state index is 13.2. The topological polar surface area (TPSA) is 70.9 Å². The van der Waals surface area contributed by atoms with Gasteiger partial charge < -0.3 is 19.4 Å². The molecule has 2 amide bonds. The number of aromatic nitrogens is 2. The zero-order valence-electron chi connectivity index (χ0n) is 20.0. The van der Waals surface area contributed by atoms with Crippen molar-refractivity contribution in [2.75, 3.05) is 38.1 Å². The molecule has 0 unspecified atom stereocenters. The zero-order chi connectivity index (χ0) is 24.2. The van der Waals surface area contributed by atoms with Gasteiger partial charge in [0, 0.05) is 38.4 Å². The van der Waals surface area contributed by atoms with Crippen LogP contribution in [0.25, 0.3) is 5.69 Å². The fraction of sp³-hybridized carbons (Fsp3) is 0.370. The Hall–Kier alpha value is -3.81. The molecule has 1 fully saturated rings. The number of hydrogen-bond donors (Lipinski definition) is 0. The molecule has 2 aliphatic heterocycles. The highest BCUT2D eigenvalue weighted by Crippen LogP contribution is 2.33. The molecule has 8 heteroatoms. The third-order valence-corrected chi connectivity index (χ3v) is 6.63. The third kappa shape index (κ3) is 5.16. The minimum atomic E-state index is -0.606. The van der Waals surface area contributed by atoms with Crippen LogP contribution in [0.1, 0.15) is 24.8 Å². The van der Waals surface area contributed by atoms with Gasteiger partial charge in [0.15, 0.2) is 6.10 Å². The van der Waals surface area contributed by atoms with Crippen LogP contribution < -0.4 is 9.64 Å². The fourth-order valence-corrected chi connectivity index (χ4v) is 4.71. The van der Waals surface area contributed by atoms with Crippen LogP contribution in [0, 0.1) is 0 Å². The van der Waals surface area contributed by atoms with Gasteiger partial charge in [-0.2, -0.15) is 5.10 Å². The molecule has 0 radical (unpaired) electrons. The molecule has 35 heavy (non-hydrogen) atoms. The Labute approximate surface area is 205 Å². The molecule has 0 spiro atoms. The lowest BCUT2D eigenvalue weighted by Gasteiger charge is -2.38. The number of hydrogen-bond acceptors (Lipinski definition) is 5. The monoisotopic (exact) mass is 473 g/mol. The molecule has 1 saturated heterocycles. The second-order valence-corrected chi connectivity index (χ2v) is 9.22. The van der Waals surface area contributed by atoms with Crippen molar-refractivity contribution < 1.29 is 14.3 Å². The van der Waals surface area contributed by atoms with Crippen LogP contribution in [-0.4, -0.2) is 70.7 Å². The first-order chi connectivity index (χ1) is 17.1. The van der Waals surface area contributed by atoms with Crippen LogP contribution in [0.3, 0.4) is 0 Å². The molecule has 3 aromatic rings. The average molecular weight is 474 g/mol. The first-order valence-corrected chi connectivity index (χ1v) is 12.2. The van der Waals surface area contributed by atoms with Crippen molar-refractivity contribution in [3.8, 4) is 11.4 Å². The highest BCUT2D eigenvalue weighted by molar-refractivity contribution is 5.86. The highest BCUT2D eigenvalue weighted by Gasteiger charge is 2.34. The number of fused-ring (bicyclic) bond motifs is 1. The Morgan fingerprint density at radius 3 is 2.57 bits per heavy atom. The minimum absolute atomic E-state index is 0.0123. The van der Waals surface area contributed by atoms with Gasteiger partial charge in [-0.05, 0) is 43.5 Å². The van der Waals surface area contributed by atoms with Gasteiger partial charge >= 0.3 is 0 Å². The van der Waals surface area contributed by atoms with Gasteiger partial charge in [-0.3, -0.25) is 9.59 Å². The summed E-state index contributed by atoms with van der Waals surface area (Å²) in [5.41, 5.74) is 2.76. The van der Waals surface area contributed by atoms with E-state index in [1.54, 1.807) is 18.1 Å². The molecule has 1 atom stereocenters. The van der Waals surface area contributed by atoms with Gasteiger partial charge in [-0.15, -0.1) is 0 Å². The number of anilines is 1. The summed E-state index contributed by atoms with van der Waals surface area (Å²) in [6, 6.07) is 17.5. The van der Waals surface area contributed by atoms with Crippen LogP contribution in [0.4, 0.5) is 5.69 Å². The van der Waals surface area contributed by atoms with Crippen molar-refractivity contribution in [1.29, 1.82) is 0 Å². The Bertz CT molecular complexity index is 1170. The van der Waals surface area contributed by atoms with Crippen molar-refractivity contribution in [3.05, 3.63) is 72.6 Å². The molecule has 0 bridgehead atoms. The van der Waals surface area contributed by atoms with E-state index in [-0.39, 0.29) is 18.4 Å². The van der Waals surface area contributed by atoms with Crippen LogP contribution in [0.2, 0.25) is 0 Å².